The van der Waals surface area contributed by atoms with E-state index in [9.17, 15) is 0 Å². The molecule has 3 aromatic heterocycles. The third kappa shape index (κ3) is 4.67. The van der Waals surface area contributed by atoms with E-state index in [4.69, 9.17) is 30.6 Å². The van der Waals surface area contributed by atoms with Gasteiger partial charge in [-0.25, -0.2) is 15.0 Å². The van der Waals surface area contributed by atoms with Crippen molar-refractivity contribution >= 4 is 43.9 Å². The average molecular weight is 647 g/mol. The van der Waals surface area contributed by atoms with Gasteiger partial charge in [0.1, 0.15) is 22.3 Å². The van der Waals surface area contributed by atoms with E-state index in [1.165, 1.54) is 0 Å². The first-order valence-corrected chi connectivity index (χ1v) is 16.2. The number of para-hydroxylation sites is 3. The molecule has 0 aliphatic carbocycles. The van der Waals surface area contributed by atoms with Gasteiger partial charge < -0.3 is 8.83 Å². The maximum Gasteiger partial charge on any atom is 0.167 e. The Bertz CT molecular complexity index is 3130. The van der Waals surface area contributed by atoms with Gasteiger partial charge in [-0.05, 0) is 52.6 Å². The molecule has 0 N–H and O–H groups in total. The Morgan fingerprint density at radius 3 is 1.62 bits per heavy atom. The number of hydrogen-bond donors (Lipinski definition) is 0. The fourth-order valence-electron chi connectivity index (χ4n) is 6.63. The largest absolute Gasteiger partial charge is 0.455 e. The molecular weight excluding hydrogens is 615 g/mol. The van der Waals surface area contributed by atoms with Crippen molar-refractivity contribution in [2.75, 3.05) is 0 Å². The Balaban J connectivity index is 1.10. The summed E-state index contributed by atoms with van der Waals surface area (Å²) in [4.78, 5) is 15.0. The SMILES string of the molecule is [2H]c1c([2H])c([2H])c(-c2ccc(-c3ccc4oc5c(-c6nc(-c7ccccc7)nc(-c7cccc8c7oc7ccccc78)n6)cccc5c4c3)cc2)c([2H])c1[2H]. The van der Waals surface area contributed by atoms with Gasteiger partial charge in [-0.15, -0.1) is 0 Å². The molecule has 0 fully saturated rings. The second-order valence-corrected chi connectivity index (χ2v) is 12.0. The molecule has 0 aliphatic heterocycles. The van der Waals surface area contributed by atoms with Crippen molar-refractivity contribution in [1.29, 1.82) is 0 Å². The molecule has 0 radical (unpaired) electrons. The van der Waals surface area contributed by atoms with Gasteiger partial charge in [0.2, 0.25) is 0 Å². The van der Waals surface area contributed by atoms with Gasteiger partial charge in [-0.2, -0.15) is 0 Å². The second kappa shape index (κ2) is 11.4. The van der Waals surface area contributed by atoms with E-state index in [0.717, 1.165) is 54.9 Å². The van der Waals surface area contributed by atoms with Crippen LogP contribution in [-0.2, 0) is 0 Å². The molecule has 0 saturated heterocycles. The molecule has 0 aliphatic rings. The molecule has 50 heavy (non-hydrogen) atoms. The van der Waals surface area contributed by atoms with Crippen LogP contribution in [0, 0.1) is 0 Å². The summed E-state index contributed by atoms with van der Waals surface area (Å²) in [5.74, 6) is 1.47. The fourth-order valence-corrected chi connectivity index (χ4v) is 6.63. The van der Waals surface area contributed by atoms with Crippen molar-refractivity contribution in [3.8, 4) is 56.4 Å². The van der Waals surface area contributed by atoms with Gasteiger partial charge >= 0.3 is 0 Å². The van der Waals surface area contributed by atoms with Gasteiger partial charge in [-0.1, -0.05) is 133 Å². The van der Waals surface area contributed by atoms with Crippen molar-refractivity contribution in [1.82, 2.24) is 15.0 Å². The van der Waals surface area contributed by atoms with Crippen LogP contribution in [0.5, 0.6) is 0 Å². The second-order valence-electron chi connectivity index (χ2n) is 12.0. The number of furan rings is 2. The highest BCUT2D eigenvalue weighted by atomic mass is 16.3. The highest BCUT2D eigenvalue weighted by Gasteiger charge is 2.20. The lowest BCUT2D eigenvalue weighted by Gasteiger charge is -2.09. The monoisotopic (exact) mass is 646 g/mol. The van der Waals surface area contributed by atoms with Crippen molar-refractivity contribution in [3.05, 3.63) is 164 Å². The molecule has 0 atom stereocenters. The molecule has 0 unspecified atom stereocenters. The normalized spacial score (nSPS) is 13.0. The Kier molecular flexibility index (Phi) is 5.35. The topological polar surface area (TPSA) is 65.0 Å². The Morgan fingerprint density at radius 1 is 0.380 bits per heavy atom. The predicted molar refractivity (Wildman–Crippen MR) is 202 cm³/mol. The standard InChI is InChI=1S/C45H27N3O2/c1-3-11-28(12-4-1)29-21-23-30(24-22-29)32-25-26-40-38(27-32)35-17-10-19-37(42(35)50-40)45-47-43(31-13-5-2-6-14-31)46-44(48-45)36-18-9-16-34-33-15-7-8-20-39(33)49-41(34)36/h1-27H/i1D,3D,4D,11D,12D. The van der Waals surface area contributed by atoms with E-state index >= 15 is 0 Å². The van der Waals surface area contributed by atoms with Crippen molar-refractivity contribution in [3.63, 3.8) is 0 Å². The first-order chi connectivity index (χ1) is 26.8. The van der Waals surface area contributed by atoms with E-state index in [1.54, 1.807) is 12.1 Å². The lowest BCUT2D eigenvalue weighted by atomic mass is 9.99. The minimum Gasteiger partial charge on any atom is -0.455 e. The molecule has 0 saturated carbocycles. The van der Waals surface area contributed by atoms with Gasteiger partial charge in [0.15, 0.2) is 17.5 Å². The van der Waals surface area contributed by atoms with Gasteiger partial charge in [0.05, 0.1) is 18.0 Å². The predicted octanol–water partition coefficient (Wildman–Crippen LogP) is 12.0. The fraction of sp³-hybridized carbons (Fsp3) is 0. The van der Waals surface area contributed by atoms with Crippen LogP contribution in [0.2, 0.25) is 0 Å². The van der Waals surface area contributed by atoms with Crippen LogP contribution >= 0.6 is 0 Å². The van der Waals surface area contributed by atoms with Crippen LogP contribution in [0.25, 0.3) is 100 Å². The quantitative estimate of drug-likeness (QED) is 0.186. The van der Waals surface area contributed by atoms with E-state index in [1.807, 2.05) is 115 Å². The van der Waals surface area contributed by atoms with Gasteiger partial charge in [0.25, 0.3) is 0 Å². The third-order valence-corrected chi connectivity index (χ3v) is 9.06. The van der Waals surface area contributed by atoms with Crippen LogP contribution in [0.1, 0.15) is 6.85 Å². The summed E-state index contributed by atoms with van der Waals surface area (Å²) < 4.78 is 53.8. The van der Waals surface area contributed by atoms with Crippen LogP contribution in [0.15, 0.2) is 173 Å². The van der Waals surface area contributed by atoms with E-state index in [0.29, 0.717) is 39.8 Å². The Labute approximate surface area is 294 Å². The molecular formula is C45H27N3O2. The highest BCUT2D eigenvalue weighted by Crippen LogP contribution is 2.39. The van der Waals surface area contributed by atoms with E-state index < -0.39 is 6.04 Å². The van der Waals surface area contributed by atoms with Gasteiger partial charge in [0, 0.05) is 27.1 Å². The number of nitrogens with zero attached hydrogens (tertiary/aromatic N) is 3. The molecule has 0 amide bonds. The number of hydrogen-bond acceptors (Lipinski definition) is 5. The molecule has 5 nitrogen and oxygen atoms in total. The molecule has 10 rings (SSSR count). The maximum atomic E-state index is 8.38. The molecule has 10 aromatic rings. The summed E-state index contributed by atoms with van der Waals surface area (Å²) >= 11 is 0. The third-order valence-electron chi connectivity index (χ3n) is 9.06. The van der Waals surface area contributed by atoms with Crippen molar-refractivity contribution in [2.45, 2.75) is 0 Å². The van der Waals surface area contributed by atoms with Crippen LogP contribution in [0.4, 0.5) is 0 Å². The lowest BCUT2D eigenvalue weighted by Crippen LogP contribution is -2.00. The molecule has 5 heteroatoms. The minimum atomic E-state index is -0.410. The summed E-state index contributed by atoms with van der Waals surface area (Å²) in [7, 11) is 0. The summed E-state index contributed by atoms with van der Waals surface area (Å²) in [6.45, 7) is 0. The minimum absolute atomic E-state index is 0.174. The van der Waals surface area contributed by atoms with E-state index in [2.05, 4.69) is 6.07 Å². The molecule has 234 valence electrons. The smallest absolute Gasteiger partial charge is 0.167 e. The highest BCUT2D eigenvalue weighted by molar-refractivity contribution is 6.11. The molecule has 3 heterocycles. The first-order valence-electron chi connectivity index (χ1n) is 18.7. The van der Waals surface area contributed by atoms with Crippen LogP contribution in [0.3, 0.4) is 0 Å². The number of fused-ring (bicyclic) bond motifs is 6. The number of benzene rings is 7. The van der Waals surface area contributed by atoms with E-state index in [-0.39, 0.29) is 29.7 Å². The summed E-state index contributed by atoms with van der Waals surface area (Å²) in [5, 5.41) is 3.81. The number of rotatable bonds is 5. The average Bonchev–Trinajstić information content (AvgIpc) is 3.81. The molecule has 0 bridgehead atoms. The first kappa shape index (κ1) is 23.5. The lowest BCUT2D eigenvalue weighted by molar-refractivity contribution is 0.669. The summed E-state index contributed by atoms with van der Waals surface area (Å²) in [6, 6.07) is 41.5. The Morgan fingerprint density at radius 2 is 0.920 bits per heavy atom. The summed E-state index contributed by atoms with van der Waals surface area (Å²) in [5.41, 5.74) is 7.72. The molecule has 7 aromatic carbocycles. The zero-order valence-corrected chi connectivity index (χ0v) is 26.4. The number of aromatic nitrogens is 3. The zero-order chi connectivity index (χ0) is 37.4. The summed E-state index contributed by atoms with van der Waals surface area (Å²) in [6.07, 6.45) is 0. The van der Waals surface area contributed by atoms with Crippen molar-refractivity contribution < 1.29 is 15.7 Å². The van der Waals surface area contributed by atoms with Gasteiger partial charge in [-0.3, -0.25) is 0 Å². The van der Waals surface area contributed by atoms with Crippen LogP contribution < -0.4 is 0 Å². The zero-order valence-electron chi connectivity index (χ0n) is 31.4. The van der Waals surface area contributed by atoms with Crippen molar-refractivity contribution in [2.24, 2.45) is 0 Å². The maximum absolute atomic E-state index is 8.38. The Hall–Kier alpha value is -6.85. The molecule has 0 spiro atoms. The van der Waals surface area contributed by atoms with Crippen LogP contribution in [-0.4, -0.2) is 15.0 Å².